The zero-order chi connectivity index (χ0) is 20.6. The Morgan fingerprint density at radius 1 is 1.03 bits per heavy atom. The van der Waals surface area contributed by atoms with E-state index in [2.05, 4.69) is 4.98 Å². The summed E-state index contributed by atoms with van der Waals surface area (Å²) < 4.78 is 43.1. The van der Waals surface area contributed by atoms with Gasteiger partial charge in [-0.2, -0.15) is 13.2 Å². The molecule has 29 heavy (non-hydrogen) atoms. The summed E-state index contributed by atoms with van der Waals surface area (Å²) >= 11 is 0. The van der Waals surface area contributed by atoms with Crippen molar-refractivity contribution in [3.63, 3.8) is 0 Å². The lowest BCUT2D eigenvalue weighted by atomic mass is 10.00. The SMILES string of the molecule is COC(=O)c1cc2c([nH]1)CC/C2=C\c1cccc(-c2ccc(C(F)(F)F)cc2)c1. The van der Waals surface area contributed by atoms with Gasteiger partial charge in [-0.3, -0.25) is 0 Å². The molecule has 3 nitrogen and oxygen atoms in total. The van der Waals surface area contributed by atoms with Crippen molar-refractivity contribution in [2.75, 3.05) is 7.11 Å². The summed E-state index contributed by atoms with van der Waals surface area (Å²) in [4.78, 5) is 14.8. The Hall–Kier alpha value is -3.28. The van der Waals surface area contributed by atoms with Crippen LogP contribution in [0.5, 0.6) is 0 Å². The first-order valence-corrected chi connectivity index (χ1v) is 9.14. The van der Waals surface area contributed by atoms with Crippen molar-refractivity contribution >= 4 is 17.6 Å². The van der Waals surface area contributed by atoms with Gasteiger partial charge in [0.1, 0.15) is 5.69 Å². The number of fused-ring (bicyclic) bond motifs is 1. The molecule has 0 bridgehead atoms. The Balaban J connectivity index is 1.62. The van der Waals surface area contributed by atoms with E-state index in [1.807, 2.05) is 30.3 Å². The number of allylic oxidation sites excluding steroid dienone is 1. The van der Waals surface area contributed by atoms with Crippen molar-refractivity contribution < 1.29 is 22.7 Å². The second-order valence-electron chi connectivity index (χ2n) is 6.94. The number of nitrogens with one attached hydrogen (secondary N) is 1. The van der Waals surface area contributed by atoms with Crippen LogP contribution in [0.3, 0.4) is 0 Å². The molecule has 1 aliphatic rings. The van der Waals surface area contributed by atoms with Gasteiger partial charge in [-0.05, 0) is 64.9 Å². The summed E-state index contributed by atoms with van der Waals surface area (Å²) in [6, 6.07) is 14.6. The van der Waals surface area contributed by atoms with E-state index in [4.69, 9.17) is 4.74 Å². The van der Waals surface area contributed by atoms with Crippen LogP contribution in [0, 0.1) is 0 Å². The predicted molar refractivity (Wildman–Crippen MR) is 105 cm³/mol. The molecular formula is C23H18F3NO2. The van der Waals surface area contributed by atoms with Crippen LogP contribution in [0.4, 0.5) is 13.2 Å². The van der Waals surface area contributed by atoms with E-state index in [1.54, 1.807) is 6.07 Å². The molecule has 0 aliphatic heterocycles. The van der Waals surface area contributed by atoms with Crippen LogP contribution in [0.25, 0.3) is 22.8 Å². The number of aromatic amines is 1. The molecule has 0 fully saturated rings. The molecule has 1 aliphatic carbocycles. The van der Waals surface area contributed by atoms with Crippen molar-refractivity contribution in [3.8, 4) is 11.1 Å². The van der Waals surface area contributed by atoms with Crippen molar-refractivity contribution in [1.82, 2.24) is 4.98 Å². The maximum Gasteiger partial charge on any atom is 0.416 e. The zero-order valence-corrected chi connectivity index (χ0v) is 15.6. The quantitative estimate of drug-likeness (QED) is 0.553. The summed E-state index contributed by atoms with van der Waals surface area (Å²) in [5.74, 6) is -0.400. The Labute approximate surface area is 165 Å². The average Bonchev–Trinajstić information content (AvgIpc) is 3.29. The van der Waals surface area contributed by atoms with E-state index < -0.39 is 17.7 Å². The topological polar surface area (TPSA) is 42.1 Å². The normalized spacial score (nSPS) is 14.8. The number of benzene rings is 2. The van der Waals surface area contributed by atoms with Gasteiger partial charge in [0.15, 0.2) is 0 Å². The Kier molecular flexibility index (Phi) is 4.78. The van der Waals surface area contributed by atoms with Gasteiger partial charge in [-0.1, -0.05) is 36.4 Å². The summed E-state index contributed by atoms with van der Waals surface area (Å²) in [6.07, 6.45) is -0.622. The minimum absolute atomic E-state index is 0.400. The van der Waals surface area contributed by atoms with Crippen LogP contribution < -0.4 is 0 Å². The molecule has 0 atom stereocenters. The van der Waals surface area contributed by atoms with Crippen LogP contribution in [-0.2, 0) is 17.3 Å². The van der Waals surface area contributed by atoms with E-state index in [0.29, 0.717) is 5.69 Å². The number of rotatable bonds is 3. The number of methoxy groups -OCH3 is 1. The summed E-state index contributed by atoms with van der Waals surface area (Å²) in [5, 5.41) is 0. The van der Waals surface area contributed by atoms with Gasteiger partial charge in [0.05, 0.1) is 12.7 Å². The van der Waals surface area contributed by atoms with Gasteiger partial charge in [-0.25, -0.2) is 4.79 Å². The number of carbonyl (C=O) groups excluding carboxylic acids is 1. The van der Waals surface area contributed by atoms with Crippen molar-refractivity contribution in [3.05, 3.63) is 82.7 Å². The van der Waals surface area contributed by atoms with Crippen LogP contribution in [0.15, 0.2) is 54.6 Å². The molecule has 6 heteroatoms. The highest BCUT2D eigenvalue weighted by Crippen LogP contribution is 2.35. The lowest BCUT2D eigenvalue weighted by Gasteiger charge is -2.08. The number of alkyl halides is 3. The summed E-state index contributed by atoms with van der Waals surface area (Å²) in [6.45, 7) is 0. The minimum Gasteiger partial charge on any atom is -0.464 e. The number of ether oxygens (including phenoxy) is 1. The van der Waals surface area contributed by atoms with Crippen molar-refractivity contribution in [2.24, 2.45) is 0 Å². The van der Waals surface area contributed by atoms with Gasteiger partial charge in [-0.15, -0.1) is 0 Å². The summed E-state index contributed by atoms with van der Waals surface area (Å²) in [7, 11) is 1.35. The molecule has 2 aromatic carbocycles. The third kappa shape index (κ3) is 3.83. The van der Waals surface area contributed by atoms with Crippen molar-refractivity contribution in [1.29, 1.82) is 0 Å². The van der Waals surface area contributed by atoms with E-state index in [-0.39, 0.29) is 0 Å². The first-order chi connectivity index (χ1) is 13.8. The molecule has 3 aromatic rings. The summed E-state index contributed by atoms with van der Waals surface area (Å²) in [5.41, 5.74) is 5.41. The second-order valence-corrected chi connectivity index (χ2v) is 6.94. The lowest BCUT2D eigenvalue weighted by molar-refractivity contribution is -0.137. The largest absolute Gasteiger partial charge is 0.464 e. The Morgan fingerprint density at radius 2 is 1.79 bits per heavy atom. The van der Waals surface area contributed by atoms with E-state index in [1.165, 1.54) is 19.2 Å². The molecule has 0 spiro atoms. The highest BCUT2D eigenvalue weighted by atomic mass is 19.4. The monoisotopic (exact) mass is 397 g/mol. The van der Waals surface area contributed by atoms with Crippen LogP contribution in [0.2, 0.25) is 0 Å². The van der Waals surface area contributed by atoms with Gasteiger partial charge < -0.3 is 9.72 Å². The molecule has 0 saturated heterocycles. The Morgan fingerprint density at radius 3 is 2.48 bits per heavy atom. The predicted octanol–water partition coefficient (Wildman–Crippen LogP) is 5.97. The standard InChI is InChI=1S/C23H18F3NO2/c1-29-22(28)21-13-19-17(7-10-20(19)27-21)12-14-3-2-4-16(11-14)15-5-8-18(9-6-15)23(24,25)26/h2-6,8-9,11-13,27H,7,10H2,1H3/b17-12+. The molecular weight excluding hydrogens is 379 g/mol. The van der Waals surface area contributed by atoms with Crippen LogP contribution in [-0.4, -0.2) is 18.1 Å². The fraction of sp³-hybridized carbons (Fsp3) is 0.174. The third-order valence-electron chi connectivity index (χ3n) is 5.07. The number of halogens is 3. The van der Waals surface area contributed by atoms with Crippen molar-refractivity contribution in [2.45, 2.75) is 19.0 Å². The maximum atomic E-state index is 12.8. The van der Waals surface area contributed by atoms with E-state index in [9.17, 15) is 18.0 Å². The molecule has 1 heterocycles. The second kappa shape index (κ2) is 7.28. The molecule has 4 rings (SSSR count). The lowest BCUT2D eigenvalue weighted by Crippen LogP contribution is -2.03. The zero-order valence-electron chi connectivity index (χ0n) is 15.6. The van der Waals surface area contributed by atoms with Gasteiger partial charge in [0.25, 0.3) is 0 Å². The molecule has 1 N–H and O–H groups in total. The Bertz CT molecular complexity index is 1090. The highest BCUT2D eigenvalue weighted by molar-refractivity contribution is 5.92. The molecule has 1 aromatic heterocycles. The fourth-order valence-electron chi connectivity index (χ4n) is 3.61. The third-order valence-corrected chi connectivity index (χ3v) is 5.07. The maximum absolute atomic E-state index is 12.8. The molecule has 148 valence electrons. The van der Waals surface area contributed by atoms with E-state index >= 15 is 0 Å². The number of H-pyrrole nitrogens is 1. The first kappa shape index (κ1) is 19.1. The number of aromatic nitrogens is 1. The average molecular weight is 397 g/mol. The van der Waals surface area contributed by atoms with Gasteiger partial charge in [0, 0.05) is 5.69 Å². The van der Waals surface area contributed by atoms with Gasteiger partial charge >= 0.3 is 12.1 Å². The number of hydrogen-bond acceptors (Lipinski definition) is 2. The first-order valence-electron chi connectivity index (χ1n) is 9.14. The smallest absolute Gasteiger partial charge is 0.416 e. The number of carbonyl (C=O) groups is 1. The van der Waals surface area contributed by atoms with Crippen LogP contribution >= 0.6 is 0 Å². The van der Waals surface area contributed by atoms with Crippen LogP contribution in [0.1, 0.15) is 39.3 Å². The number of aryl methyl sites for hydroxylation is 1. The molecule has 0 unspecified atom stereocenters. The molecule has 0 radical (unpaired) electrons. The molecule has 0 amide bonds. The highest BCUT2D eigenvalue weighted by Gasteiger charge is 2.30. The fourth-order valence-corrected chi connectivity index (χ4v) is 3.61. The number of esters is 1. The van der Waals surface area contributed by atoms with Gasteiger partial charge in [0.2, 0.25) is 0 Å². The minimum atomic E-state index is -4.34. The number of hydrogen-bond donors (Lipinski definition) is 1. The van der Waals surface area contributed by atoms with E-state index in [0.717, 1.165) is 58.5 Å². The molecule has 0 saturated carbocycles.